The van der Waals surface area contributed by atoms with Crippen molar-refractivity contribution in [2.45, 2.75) is 161 Å². The van der Waals surface area contributed by atoms with Gasteiger partial charge in [0, 0.05) is 6.42 Å². The Kier molecular flexibility index (Phi) is 35.7. The fraction of sp³-hybridized carbons (Fsp3) is 0.674. The lowest BCUT2D eigenvalue weighted by atomic mass is 10.0. The van der Waals surface area contributed by atoms with Crippen LogP contribution in [0.2, 0.25) is 0 Å². The number of nitrogens with one attached hydrogen (secondary N) is 1. The van der Waals surface area contributed by atoms with E-state index < -0.39 is 20.0 Å². The Hall–Kier alpha value is -2.32. The number of unbranched alkanes of at least 4 members (excludes halogenated alkanes) is 10. The Balaban J connectivity index is 4.04. The average molecular weight is 790 g/mol. The molecule has 0 bridgehead atoms. The van der Waals surface area contributed by atoms with Gasteiger partial charge in [-0.05, 0) is 70.6 Å². The maximum Gasteiger partial charge on any atom is 0.472 e. The van der Waals surface area contributed by atoms with Gasteiger partial charge in [-0.3, -0.25) is 13.8 Å². The zero-order chi connectivity index (χ0) is 40.7. The molecule has 0 aromatic rings. The third kappa shape index (κ3) is 39.7. The number of allylic oxidation sites excluding steroid dienone is 14. The Morgan fingerprint density at radius 3 is 1.58 bits per heavy atom. The highest BCUT2D eigenvalue weighted by Crippen LogP contribution is 2.43. The van der Waals surface area contributed by atoms with Crippen LogP contribution < -0.4 is 5.32 Å². The van der Waals surface area contributed by atoms with Crippen molar-refractivity contribution in [2.24, 2.45) is 0 Å². The third-order valence-electron chi connectivity index (χ3n) is 8.91. The van der Waals surface area contributed by atoms with Gasteiger partial charge in [0.15, 0.2) is 0 Å². The van der Waals surface area contributed by atoms with Crippen molar-refractivity contribution >= 4 is 13.7 Å². The molecule has 0 aliphatic carbocycles. The Bertz CT molecular complexity index is 1170. The molecule has 0 saturated carbocycles. The molecule has 0 radical (unpaired) electrons. The number of quaternary nitrogens is 1. The topological polar surface area (TPSA) is 105 Å². The number of carbonyl (C=O) groups is 1. The molecule has 1 amide bonds. The van der Waals surface area contributed by atoms with Gasteiger partial charge in [-0.25, -0.2) is 4.57 Å². The lowest BCUT2D eigenvalue weighted by molar-refractivity contribution is -0.870. The summed E-state index contributed by atoms with van der Waals surface area (Å²) >= 11 is 0. The fourth-order valence-corrected chi connectivity index (χ4v) is 6.23. The first-order valence-electron chi connectivity index (χ1n) is 21.5. The molecule has 0 fully saturated rings. The molecule has 0 aromatic carbocycles. The van der Waals surface area contributed by atoms with E-state index in [1.165, 1.54) is 19.3 Å². The van der Waals surface area contributed by atoms with E-state index in [1.807, 2.05) is 21.1 Å². The number of aliphatic hydroxyl groups excluding tert-OH is 1. The third-order valence-corrected chi connectivity index (χ3v) is 9.89. The molecule has 0 spiro atoms. The molecule has 0 heterocycles. The first-order chi connectivity index (χ1) is 26.5. The minimum Gasteiger partial charge on any atom is -0.391 e. The lowest BCUT2D eigenvalue weighted by Gasteiger charge is -2.26. The monoisotopic (exact) mass is 790 g/mol. The number of hydrogen-bond acceptors (Lipinski definition) is 5. The number of phosphoric ester groups is 1. The summed E-state index contributed by atoms with van der Waals surface area (Å²) in [5.74, 6) is -0.171. The second kappa shape index (κ2) is 37.3. The summed E-state index contributed by atoms with van der Waals surface area (Å²) < 4.78 is 23.3. The van der Waals surface area contributed by atoms with Crippen LogP contribution in [0.5, 0.6) is 0 Å². The van der Waals surface area contributed by atoms with Gasteiger partial charge < -0.3 is 19.8 Å². The summed E-state index contributed by atoms with van der Waals surface area (Å²) in [6, 6.07) is -0.767. The first-order valence-corrected chi connectivity index (χ1v) is 22.9. The molecule has 316 valence electrons. The molecule has 3 unspecified atom stereocenters. The highest BCUT2D eigenvalue weighted by Gasteiger charge is 2.28. The largest absolute Gasteiger partial charge is 0.472 e. The van der Waals surface area contributed by atoms with Gasteiger partial charge in [0.05, 0.1) is 39.9 Å². The van der Waals surface area contributed by atoms with Crippen LogP contribution in [0.1, 0.15) is 149 Å². The zero-order valence-corrected chi connectivity index (χ0v) is 36.5. The van der Waals surface area contributed by atoms with Crippen molar-refractivity contribution < 1.29 is 32.9 Å². The van der Waals surface area contributed by atoms with Crippen LogP contribution in [0.3, 0.4) is 0 Å². The predicted octanol–water partition coefficient (Wildman–Crippen LogP) is 11.8. The molecule has 0 aromatic heterocycles. The standard InChI is InChI=1S/C46H81N2O6P/c1-6-8-10-12-13-14-15-16-17-18-19-20-21-22-23-24-25-26-27-28-29-30-31-32-33-34-35-36-38-40-46(50)47-44(45(49)39-37-11-9-7-2)43-54-55(51,52)53-42-41-48(3,4)5/h8,10,13-14,16-17,19-20,22-23,25-26,28-29,44-45,49H,6-7,9,11-12,15,18,21,24,27,30-43H2,1-5H3,(H-,47,50,51,52)/p+1/b10-8-,14-13-,17-16-,20-19-,23-22-,26-25-,29-28-. The van der Waals surface area contributed by atoms with Crippen LogP contribution in [-0.2, 0) is 18.4 Å². The van der Waals surface area contributed by atoms with Gasteiger partial charge in [-0.1, -0.05) is 157 Å². The van der Waals surface area contributed by atoms with E-state index in [1.54, 1.807) is 0 Å². The zero-order valence-electron chi connectivity index (χ0n) is 35.6. The summed E-state index contributed by atoms with van der Waals surface area (Å²) in [5, 5.41) is 13.7. The molecule has 9 heteroatoms. The number of hydrogen-bond donors (Lipinski definition) is 3. The molecule has 0 aliphatic heterocycles. The van der Waals surface area contributed by atoms with Crippen LogP contribution in [0.4, 0.5) is 0 Å². The molecule has 55 heavy (non-hydrogen) atoms. The quantitative estimate of drug-likeness (QED) is 0.0251. The van der Waals surface area contributed by atoms with Crippen LogP contribution in [-0.4, -0.2) is 73.4 Å². The van der Waals surface area contributed by atoms with E-state index in [0.29, 0.717) is 23.9 Å². The molecular formula is C46H82N2O6P+. The normalized spacial score (nSPS) is 15.3. The van der Waals surface area contributed by atoms with Gasteiger partial charge in [0.2, 0.25) is 5.91 Å². The smallest absolute Gasteiger partial charge is 0.391 e. The highest BCUT2D eigenvalue weighted by atomic mass is 31.2. The molecule has 0 rings (SSSR count). The van der Waals surface area contributed by atoms with Crippen molar-refractivity contribution in [3.63, 3.8) is 0 Å². The average Bonchev–Trinajstić information content (AvgIpc) is 3.13. The number of nitrogens with zero attached hydrogens (tertiary/aromatic N) is 1. The Morgan fingerprint density at radius 2 is 1.09 bits per heavy atom. The molecule has 0 aliphatic rings. The second-order valence-corrected chi connectivity index (χ2v) is 16.8. The van der Waals surface area contributed by atoms with Crippen LogP contribution >= 0.6 is 7.82 Å². The van der Waals surface area contributed by atoms with Crippen LogP contribution in [0, 0.1) is 0 Å². The minimum atomic E-state index is -4.30. The number of amides is 1. The van der Waals surface area contributed by atoms with E-state index in [4.69, 9.17) is 9.05 Å². The maximum atomic E-state index is 12.7. The minimum absolute atomic E-state index is 0.0661. The fourth-order valence-electron chi connectivity index (χ4n) is 5.49. The maximum absolute atomic E-state index is 12.7. The highest BCUT2D eigenvalue weighted by molar-refractivity contribution is 7.47. The molecule has 8 nitrogen and oxygen atoms in total. The summed E-state index contributed by atoms with van der Waals surface area (Å²) in [6.45, 7) is 4.61. The van der Waals surface area contributed by atoms with Gasteiger partial charge in [0.25, 0.3) is 0 Å². The Morgan fingerprint density at radius 1 is 0.636 bits per heavy atom. The van der Waals surface area contributed by atoms with Gasteiger partial charge >= 0.3 is 7.82 Å². The van der Waals surface area contributed by atoms with Crippen LogP contribution in [0.25, 0.3) is 0 Å². The molecule has 3 N–H and O–H groups in total. The summed E-state index contributed by atoms with van der Waals surface area (Å²) in [4.78, 5) is 22.9. The van der Waals surface area contributed by atoms with Gasteiger partial charge in [-0.2, -0.15) is 0 Å². The second-order valence-electron chi connectivity index (χ2n) is 15.3. The van der Waals surface area contributed by atoms with E-state index in [2.05, 4.69) is 104 Å². The van der Waals surface area contributed by atoms with E-state index in [-0.39, 0.29) is 19.1 Å². The summed E-state index contributed by atoms with van der Waals surface area (Å²) in [6.07, 6.45) is 51.0. The van der Waals surface area contributed by atoms with Gasteiger partial charge in [-0.15, -0.1) is 0 Å². The number of likely N-dealkylation sites (N-methyl/N-ethyl adjacent to an activating group) is 1. The SMILES string of the molecule is CC/C=C\C/C=C\C/C=C\C/C=C\C/C=C\C/C=C\C/C=C\CCCCCCCCCC(=O)NC(COP(=O)(O)OCC[N+](C)(C)C)C(O)CCCCCC. The van der Waals surface area contributed by atoms with Crippen molar-refractivity contribution in [1.29, 1.82) is 0 Å². The Labute approximate surface area is 337 Å². The number of phosphoric acid groups is 1. The van der Waals surface area contributed by atoms with Crippen molar-refractivity contribution in [1.82, 2.24) is 5.32 Å². The number of carbonyl (C=O) groups excluding carboxylic acids is 1. The van der Waals surface area contributed by atoms with E-state index >= 15 is 0 Å². The lowest BCUT2D eigenvalue weighted by Crippen LogP contribution is -2.46. The van der Waals surface area contributed by atoms with E-state index in [0.717, 1.165) is 103 Å². The van der Waals surface area contributed by atoms with Crippen molar-refractivity contribution in [3.8, 4) is 0 Å². The van der Waals surface area contributed by atoms with E-state index in [9.17, 15) is 19.4 Å². The van der Waals surface area contributed by atoms with Crippen molar-refractivity contribution in [3.05, 3.63) is 85.1 Å². The van der Waals surface area contributed by atoms with Gasteiger partial charge in [0.1, 0.15) is 13.2 Å². The number of rotatable bonds is 37. The first kappa shape index (κ1) is 52.7. The molecule has 3 atom stereocenters. The molecule has 0 saturated heterocycles. The number of aliphatic hydroxyl groups is 1. The molecular weight excluding hydrogens is 707 g/mol. The predicted molar refractivity (Wildman–Crippen MR) is 235 cm³/mol. The van der Waals surface area contributed by atoms with Crippen molar-refractivity contribution in [2.75, 3.05) is 40.9 Å². The summed E-state index contributed by atoms with van der Waals surface area (Å²) in [5.41, 5.74) is 0. The summed E-state index contributed by atoms with van der Waals surface area (Å²) in [7, 11) is 1.58. The van der Waals surface area contributed by atoms with Crippen LogP contribution in [0.15, 0.2) is 85.1 Å².